The lowest BCUT2D eigenvalue weighted by Gasteiger charge is -2.09. The van der Waals surface area contributed by atoms with Crippen LogP contribution in [-0.2, 0) is 6.73 Å². The number of aryl methyl sites for hydroxylation is 2. The molecule has 1 aromatic carbocycles. The van der Waals surface area contributed by atoms with Gasteiger partial charge in [-0.2, -0.15) is 5.10 Å². The summed E-state index contributed by atoms with van der Waals surface area (Å²) in [6.45, 7) is 8.27. The van der Waals surface area contributed by atoms with E-state index in [1.165, 1.54) is 5.56 Å². The molecule has 0 unspecified atom stereocenters. The number of benzene rings is 1. The Bertz CT molecular complexity index is 647. The van der Waals surface area contributed by atoms with Crippen molar-refractivity contribution in [2.45, 2.75) is 20.6 Å². The number of hydrogen-bond donors (Lipinski definition) is 1. The number of nitrogens with one attached hydrogen (secondary N) is 1. The van der Waals surface area contributed by atoms with Gasteiger partial charge in [0.1, 0.15) is 11.4 Å². The second-order valence-electron chi connectivity index (χ2n) is 4.78. The van der Waals surface area contributed by atoms with Gasteiger partial charge in [-0.1, -0.05) is 23.8 Å². The van der Waals surface area contributed by atoms with Crippen molar-refractivity contribution in [3.8, 4) is 5.75 Å². The molecule has 0 aliphatic carbocycles. The maximum atomic E-state index is 11.7. The molecule has 21 heavy (non-hydrogen) atoms. The van der Waals surface area contributed by atoms with Gasteiger partial charge in [-0.15, -0.1) is 6.58 Å². The fourth-order valence-corrected chi connectivity index (χ4v) is 1.91. The molecule has 110 valence electrons. The third-order valence-corrected chi connectivity index (χ3v) is 2.96. The summed E-state index contributed by atoms with van der Waals surface area (Å²) in [5.41, 5.74) is 2.63. The monoisotopic (exact) mass is 285 g/mol. The van der Waals surface area contributed by atoms with Crippen molar-refractivity contribution < 1.29 is 9.53 Å². The molecule has 0 aliphatic rings. The smallest absolute Gasteiger partial charge is 0.272 e. The molecule has 2 aromatic rings. The number of rotatable bonds is 6. The van der Waals surface area contributed by atoms with Crippen LogP contribution >= 0.6 is 0 Å². The van der Waals surface area contributed by atoms with Crippen LogP contribution < -0.4 is 10.1 Å². The van der Waals surface area contributed by atoms with Gasteiger partial charge in [-0.3, -0.25) is 4.79 Å². The van der Waals surface area contributed by atoms with Crippen molar-refractivity contribution in [1.82, 2.24) is 15.1 Å². The zero-order chi connectivity index (χ0) is 15.2. The molecule has 0 saturated carbocycles. The number of aromatic nitrogens is 2. The summed E-state index contributed by atoms with van der Waals surface area (Å²) in [5, 5.41) is 6.85. The molecule has 5 heteroatoms. The number of carbonyl (C=O) groups is 1. The van der Waals surface area contributed by atoms with Gasteiger partial charge in [0.15, 0.2) is 6.73 Å². The molecule has 1 heterocycles. The Morgan fingerprint density at radius 1 is 1.43 bits per heavy atom. The van der Waals surface area contributed by atoms with Crippen LogP contribution in [-0.4, -0.2) is 22.2 Å². The van der Waals surface area contributed by atoms with E-state index in [1.54, 1.807) is 23.0 Å². The number of ether oxygens (including phenoxy) is 1. The summed E-state index contributed by atoms with van der Waals surface area (Å²) in [6.07, 6.45) is 3.34. The zero-order valence-electron chi connectivity index (χ0n) is 12.3. The third kappa shape index (κ3) is 3.95. The van der Waals surface area contributed by atoms with Gasteiger partial charge in [-0.25, -0.2) is 4.68 Å². The maximum absolute atomic E-state index is 11.7. The van der Waals surface area contributed by atoms with Crippen LogP contribution in [0.4, 0.5) is 0 Å². The van der Waals surface area contributed by atoms with Gasteiger partial charge < -0.3 is 10.1 Å². The van der Waals surface area contributed by atoms with Crippen molar-refractivity contribution in [3.63, 3.8) is 0 Å². The summed E-state index contributed by atoms with van der Waals surface area (Å²) < 4.78 is 7.29. The van der Waals surface area contributed by atoms with E-state index in [4.69, 9.17) is 4.74 Å². The summed E-state index contributed by atoms with van der Waals surface area (Å²) in [4.78, 5) is 11.7. The summed E-state index contributed by atoms with van der Waals surface area (Å²) in [7, 11) is 0. The third-order valence-electron chi connectivity index (χ3n) is 2.96. The van der Waals surface area contributed by atoms with Gasteiger partial charge >= 0.3 is 0 Å². The molecule has 0 spiro atoms. The zero-order valence-corrected chi connectivity index (χ0v) is 12.3. The molecule has 5 nitrogen and oxygen atoms in total. The SMILES string of the molecule is C=CCNC(=O)c1ccn(COc2ccc(C)cc2C)n1. The fourth-order valence-electron chi connectivity index (χ4n) is 1.91. The van der Waals surface area contributed by atoms with Crippen LogP contribution in [0.1, 0.15) is 21.6 Å². The molecule has 0 radical (unpaired) electrons. The first kappa shape index (κ1) is 14.8. The first-order chi connectivity index (χ1) is 10.1. The second kappa shape index (κ2) is 6.74. The van der Waals surface area contributed by atoms with E-state index >= 15 is 0 Å². The predicted octanol–water partition coefficient (Wildman–Crippen LogP) is 2.45. The Hall–Kier alpha value is -2.56. The lowest BCUT2D eigenvalue weighted by Crippen LogP contribution is -2.24. The summed E-state index contributed by atoms with van der Waals surface area (Å²) >= 11 is 0. The molecule has 0 saturated heterocycles. The average Bonchev–Trinajstić information content (AvgIpc) is 2.93. The van der Waals surface area contributed by atoms with E-state index in [0.29, 0.717) is 12.2 Å². The Kier molecular flexibility index (Phi) is 4.77. The van der Waals surface area contributed by atoms with Crippen LogP contribution in [0, 0.1) is 13.8 Å². The van der Waals surface area contributed by atoms with Gasteiger partial charge in [0.25, 0.3) is 5.91 Å². The molecule has 1 N–H and O–H groups in total. The highest BCUT2D eigenvalue weighted by molar-refractivity contribution is 5.92. The van der Waals surface area contributed by atoms with Crippen LogP contribution in [0.5, 0.6) is 5.75 Å². The highest BCUT2D eigenvalue weighted by Crippen LogP contribution is 2.18. The van der Waals surface area contributed by atoms with Crippen LogP contribution in [0.15, 0.2) is 43.1 Å². The van der Waals surface area contributed by atoms with Gasteiger partial charge in [0, 0.05) is 12.7 Å². The van der Waals surface area contributed by atoms with Crippen LogP contribution in [0.2, 0.25) is 0 Å². The van der Waals surface area contributed by atoms with Gasteiger partial charge in [0.05, 0.1) is 0 Å². The van der Waals surface area contributed by atoms with E-state index in [-0.39, 0.29) is 12.6 Å². The normalized spacial score (nSPS) is 10.2. The van der Waals surface area contributed by atoms with E-state index in [1.807, 2.05) is 26.0 Å². The number of nitrogens with zero attached hydrogens (tertiary/aromatic N) is 2. The average molecular weight is 285 g/mol. The van der Waals surface area contributed by atoms with Crippen molar-refractivity contribution in [2.24, 2.45) is 0 Å². The highest BCUT2D eigenvalue weighted by atomic mass is 16.5. The van der Waals surface area contributed by atoms with Crippen molar-refractivity contribution in [2.75, 3.05) is 6.54 Å². The topological polar surface area (TPSA) is 56.2 Å². The molecule has 0 atom stereocenters. The number of amides is 1. The number of hydrogen-bond acceptors (Lipinski definition) is 3. The molecular weight excluding hydrogens is 266 g/mol. The van der Waals surface area contributed by atoms with Crippen molar-refractivity contribution in [1.29, 1.82) is 0 Å². The Morgan fingerprint density at radius 3 is 2.95 bits per heavy atom. The lowest BCUT2D eigenvalue weighted by molar-refractivity contribution is 0.0951. The molecule has 0 fully saturated rings. The minimum atomic E-state index is -0.222. The quantitative estimate of drug-likeness (QED) is 0.829. The van der Waals surface area contributed by atoms with Crippen LogP contribution in [0.3, 0.4) is 0 Å². The first-order valence-corrected chi connectivity index (χ1v) is 6.73. The second-order valence-corrected chi connectivity index (χ2v) is 4.78. The van der Waals surface area contributed by atoms with Gasteiger partial charge in [0.2, 0.25) is 0 Å². The van der Waals surface area contributed by atoms with Gasteiger partial charge in [-0.05, 0) is 31.5 Å². The number of carbonyl (C=O) groups excluding carboxylic acids is 1. The minimum absolute atomic E-state index is 0.222. The summed E-state index contributed by atoms with van der Waals surface area (Å²) in [6, 6.07) is 7.65. The Balaban J connectivity index is 1.96. The molecule has 0 bridgehead atoms. The molecule has 1 aromatic heterocycles. The Morgan fingerprint density at radius 2 is 2.24 bits per heavy atom. The predicted molar refractivity (Wildman–Crippen MR) is 81.3 cm³/mol. The minimum Gasteiger partial charge on any atom is -0.471 e. The standard InChI is InChI=1S/C16H19N3O2/c1-4-8-17-16(20)14-7-9-19(18-14)11-21-15-6-5-12(2)10-13(15)3/h4-7,9-10H,1,8,11H2,2-3H3,(H,17,20). The largest absolute Gasteiger partial charge is 0.471 e. The fraction of sp³-hybridized carbons (Fsp3) is 0.250. The lowest BCUT2D eigenvalue weighted by atomic mass is 10.1. The summed E-state index contributed by atoms with van der Waals surface area (Å²) in [5.74, 6) is 0.592. The maximum Gasteiger partial charge on any atom is 0.272 e. The molecule has 2 rings (SSSR count). The van der Waals surface area contributed by atoms with E-state index in [0.717, 1.165) is 11.3 Å². The Labute approximate surface area is 124 Å². The van der Waals surface area contributed by atoms with Crippen molar-refractivity contribution in [3.05, 3.63) is 59.9 Å². The molecular formula is C16H19N3O2. The van der Waals surface area contributed by atoms with Crippen LogP contribution in [0.25, 0.3) is 0 Å². The van der Waals surface area contributed by atoms with E-state index < -0.39 is 0 Å². The van der Waals surface area contributed by atoms with E-state index in [9.17, 15) is 4.79 Å². The molecule has 0 aliphatic heterocycles. The first-order valence-electron chi connectivity index (χ1n) is 6.73. The highest BCUT2D eigenvalue weighted by Gasteiger charge is 2.08. The van der Waals surface area contributed by atoms with E-state index in [2.05, 4.69) is 23.1 Å². The molecule has 1 amide bonds. The van der Waals surface area contributed by atoms with Crippen molar-refractivity contribution >= 4 is 5.91 Å².